The molecule has 1 aromatic carbocycles. The fourth-order valence-corrected chi connectivity index (χ4v) is 2.86. The van der Waals surface area contributed by atoms with Crippen molar-refractivity contribution in [2.45, 2.75) is 12.3 Å². The third kappa shape index (κ3) is 1.66. The largest absolute Gasteiger partial charge is 0.496 e. The normalized spacial score (nSPS) is 10.8. The Labute approximate surface area is 95.8 Å². The lowest BCUT2D eigenvalue weighted by Crippen LogP contribution is -1.85. The van der Waals surface area contributed by atoms with Crippen LogP contribution in [0.2, 0.25) is 0 Å². The number of thiophene rings is 1. The Morgan fingerprint density at radius 3 is 2.79 bits per heavy atom. The summed E-state index contributed by atoms with van der Waals surface area (Å²) in [7, 11) is 1.72. The molecule has 2 aromatic rings. The number of ether oxygens (including phenoxy) is 1. The summed E-state index contributed by atoms with van der Waals surface area (Å²) in [5.74, 6) is 0.973. The van der Waals surface area contributed by atoms with Crippen molar-refractivity contribution >= 4 is 37.4 Å². The van der Waals surface area contributed by atoms with Crippen molar-refractivity contribution in [1.82, 2.24) is 0 Å². The van der Waals surface area contributed by atoms with Gasteiger partial charge in [-0.3, -0.25) is 0 Å². The molecule has 0 saturated carbocycles. The molecule has 74 valence electrons. The highest BCUT2D eigenvalue weighted by molar-refractivity contribution is 9.08. The van der Waals surface area contributed by atoms with Crippen molar-refractivity contribution in [3.8, 4) is 5.75 Å². The fourth-order valence-electron chi connectivity index (χ4n) is 1.53. The van der Waals surface area contributed by atoms with Crippen LogP contribution in [0.5, 0.6) is 5.75 Å². The van der Waals surface area contributed by atoms with E-state index in [1.165, 1.54) is 20.5 Å². The Morgan fingerprint density at radius 2 is 2.14 bits per heavy atom. The van der Waals surface area contributed by atoms with Gasteiger partial charge in [-0.05, 0) is 30.7 Å². The van der Waals surface area contributed by atoms with E-state index in [4.69, 9.17) is 4.74 Å². The highest BCUT2D eigenvalue weighted by Gasteiger charge is 2.06. The lowest BCUT2D eigenvalue weighted by Gasteiger charge is -2.03. The van der Waals surface area contributed by atoms with Gasteiger partial charge >= 0.3 is 0 Å². The molecule has 0 N–H and O–H groups in total. The molecule has 0 spiro atoms. The Hall–Kier alpha value is -0.540. The van der Waals surface area contributed by atoms with Gasteiger partial charge in [0.25, 0.3) is 0 Å². The summed E-state index contributed by atoms with van der Waals surface area (Å²) in [4.78, 5) is 1.32. The van der Waals surface area contributed by atoms with Crippen LogP contribution in [0.4, 0.5) is 0 Å². The molecule has 0 fully saturated rings. The van der Waals surface area contributed by atoms with Crippen LogP contribution in [0, 0.1) is 6.92 Å². The van der Waals surface area contributed by atoms with Crippen LogP contribution in [0.1, 0.15) is 10.4 Å². The molecular formula is C11H11BrOS. The van der Waals surface area contributed by atoms with E-state index in [2.05, 4.69) is 41.1 Å². The van der Waals surface area contributed by atoms with Crippen LogP contribution >= 0.6 is 27.3 Å². The zero-order valence-electron chi connectivity index (χ0n) is 8.13. The lowest BCUT2D eigenvalue weighted by molar-refractivity contribution is 0.419. The van der Waals surface area contributed by atoms with Gasteiger partial charge in [-0.2, -0.15) is 0 Å². The first-order valence-electron chi connectivity index (χ1n) is 4.37. The van der Waals surface area contributed by atoms with Crippen LogP contribution in [0.25, 0.3) is 10.1 Å². The molecule has 0 bridgehead atoms. The zero-order valence-corrected chi connectivity index (χ0v) is 10.5. The van der Waals surface area contributed by atoms with E-state index >= 15 is 0 Å². The van der Waals surface area contributed by atoms with Gasteiger partial charge in [0.2, 0.25) is 0 Å². The summed E-state index contributed by atoms with van der Waals surface area (Å²) >= 11 is 5.27. The Kier molecular flexibility index (Phi) is 2.79. The molecule has 1 nitrogen and oxygen atoms in total. The lowest BCUT2D eigenvalue weighted by atomic mass is 10.2. The smallest absolute Gasteiger partial charge is 0.127 e. The number of halogens is 1. The van der Waals surface area contributed by atoms with Crippen LogP contribution in [0.15, 0.2) is 18.2 Å². The van der Waals surface area contributed by atoms with Crippen LogP contribution in [0.3, 0.4) is 0 Å². The summed E-state index contributed by atoms with van der Waals surface area (Å²) < 4.78 is 6.67. The molecule has 0 amide bonds. The number of alkyl halides is 1. The van der Waals surface area contributed by atoms with Gasteiger partial charge < -0.3 is 4.74 Å². The summed E-state index contributed by atoms with van der Waals surface area (Å²) in [5.41, 5.74) is 1.26. The second-order valence-corrected chi connectivity index (χ2v) is 5.05. The van der Waals surface area contributed by atoms with Gasteiger partial charge in [-0.1, -0.05) is 15.9 Å². The first kappa shape index (κ1) is 9.99. The number of fused-ring (bicyclic) bond motifs is 1. The molecule has 2 rings (SSSR count). The van der Waals surface area contributed by atoms with E-state index in [1.807, 2.05) is 11.3 Å². The van der Waals surface area contributed by atoms with Gasteiger partial charge in [-0.25, -0.2) is 0 Å². The van der Waals surface area contributed by atoms with Gasteiger partial charge in [-0.15, -0.1) is 11.3 Å². The van der Waals surface area contributed by atoms with Gasteiger partial charge in [0.15, 0.2) is 0 Å². The predicted octanol–water partition coefficient (Wildman–Crippen LogP) is 4.11. The molecule has 3 heteroatoms. The molecule has 0 atom stereocenters. The van der Waals surface area contributed by atoms with Gasteiger partial charge in [0.1, 0.15) is 5.75 Å². The summed E-state index contributed by atoms with van der Waals surface area (Å²) in [6, 6.07) is 6.48. The topological polar surface area (TPSA) is 9.23 Å². The molecule has 0 radical (unpaired) electrons. The van der Waals surface area contributed by atoms with Crippen molar-refractivity contribution in [3.63, 3.8) is 0 Å². The quantitative estimate of drug-likeness (QED) is 0.747. The number of hydrogen-bond donors (Lipinski definition) is 0. The molecule has 0 aliphatic rings. The average molecular weight is 271 g/mol. The summed E-state index contributed by atoms with van der Waals surface area (Å²) in [5, 5.41) is 2.09. The number of aryl methyl sites for hydroxylation is 1. The van der Waals surface area contributed by atoms with Crippen molar-refractivity contribution in [3.05, 3.63) is 28.6 Å². The SMILES string of the molecule is COc1cc(CBr)cc2sc(C)cc12. The maximum absolute atomic E-state index is 5.37. The molecule has 0 aliphatic heterocycles. The molecule has 0 saturated heterocycles. The molecule has 1 heterocycles. The summed E-state index contributed by atoms with van der Waals surface area (Å²) in [6.07, 6.45) is 0. The predicted molar refractivity (Wildman–Crippen MR) is 65.7 cm³/mol. The third-order valence-electron chi connectivity index (χ3n) is 2.16. The van der Waals surface area contributed by atoms with Crippen molar-refractivity contribution in [2.24, 2.45) is 0 Å². The third-order valence-corrected chi connectivity index (χ3v) is 3.80. The van der Waals surface area contributed by atoms with E-state index < -0.39 is 0 Å². The van der Waals surface area contributed by atoms with E-state index in [-0.39, 0.29) is 0 Å². The Balaban J connectivity index is 2.72. The molecule has 0 aliphatic carbocycles. The first-order valence-corrected chi connectivity index (χ1v) is 6.31. The van der Waals surface area contributed by atoms with Crippen molar-refractivity contribution in [1.29, 1.82) is 0 Å². The minimum atomic E-state index is 0.871. The minimum Gasteiger partial charge on any atom is -0.496 e. The first-order chi connectivity index (χ1) is 6.74. The number of benzene rings is 1. The highest BCUT2D eigenvalue weighted by atomic mass is 79.9. The van der Waals surface area contributed by atoms with E-state index in [0.717, 1.165) is 11.1 Å². The van der Waals surface area contributed by atoms with E-state index in [0.29, 0.717) is 0 Å². The summed E-state index contributed by atoms with van der Waals surface area (Å²) in [6.45, 7) is 2.12. The molecule has 14 heavy (non-hydrogen) atoms. The maximum Gasteiger partial charge on any atom is 0.127 e. The van der Waals surface area contributed by atoms with Gasteiger partial charge in [0.05, 0.1) is 7.11 Å². The number of hydrogen-bond acceptors (Lipinski definition) is 2. The van der Waals surface area contributed by atoms with E-state index in [1.54, 1.807) is 7.11 Å². The zero-order chi connectivity index (χ0) is 10.1. The van der Waals surface area contributed by atoms with Gasteiger partial charge in [0, 0.05) is 20.3 Å². The van der Waals surface area contributed by atoms with E-state index in [9.17, 15) is 0 Å². The second kappa shape index (κ2) is 3.91. The maximum atomic E-state index is 5.37. The second-order valence-electron chi connectivity index (χ2n) is 3.20. The molecule has 1 aromatic heterocycles. The standard InChI is InChI=1S/C11H11BrOS/c1-7-3-9-10(13-2)4-8(6-12)5-11(9)14-7/h3-5H,6H2,1-2H3. The minimum absolute atomic E-state index is 0.871. The van der Waals surface area contributed by atoms with Crippen LogP contribution in [-0.2, 0) is 5.33 Å². The fraction of sp³-hybridized carbons (Fsp3) is 0.273. The number of rotatable bonds is 2. The van der Waals surface area contributed by atoms with Crippen LogP contribution in [-0.4, -0.2) is 7.11 Å². The molecular weight excluding hydrogens is 260 g/mol. The van der Waals surface area contributed by atoms with Crippen molar-refractivity contribution in [2.75, 3.05) is 7.11 Å². The van der Waals surface area contributed by atoms with Crippen molar-refractivity contribution < 1.29 is 4.74 Å². The molecule has 0 unspecified atom stereocenters. The monoisotopic (exact) mass is 270 g/mol. The Morgan fingerprint density at radius 1 is 1.36 bits per heavy atom. The number of methoxy groups -OCH3 is 1. The van der Waals surface area contributed by atoms with Crippen LogP contribution < -0.4 is 4.74 Å². The highest BCUT2D eigenvalue weighted by Crippen LogP contribution is 2.34. The Bertz CT molecular complexity index is 462. The average Bonchev–Trinajstić information content (AvgIpc) is 2.56.